The van der Waals surface area contributed by atoms with Crippen LogP contribution >= 0.6 is 0 Å². The van der Waals surface area contributed by atoms with Gasteiger partial charge in [-0.25, -0.2) is 4.39 Å². The first kappa shape index (κ1) is 34.0. The summed E-state index contributed by atoms with van der Waals surface area (Å²) in [5, 5.41) is 0. The molecule has 2 heterocycles. The maximum absolute atomic E-state index is 14.8. The Hall–Kier alpha value is -3.37. The maximum Gasteiger partial charge on any atom is 0.416 e. The molecule has 2 fully saturated rings. The van der Waals surface area contributed by atoms with E-state index in [-0.39, 0.29) is 52.8 Å². The van der Waals surface area contributed by atoms with E-state index in [9.17, 15) is 52.3 Å². The molecule has 16 heteroatoms. The van der Waals surface area contributed by atoms with Crippen molar-refractivity contribution in [2.45, 2.75) is 69.3 Å². The molecule has 46 heavy (non-hydrogen) atoms. The number of nitrogens with zero attached hydrogens (tertiary/aromatic N) is 1. The summed E-state index contributed by atoms with van der Waals surface area (Å²) in [6, 6.07) is 1.66. The Morgan fingerprint density at radius 3 is 1.91 bits per heavy atom. The SMILES string of the molecule is COc1cc(F)c(C(C)C)cc1-c1ccc(C(F)(F)F)cc1C1CCC2C(c3cc(C(F)(F)F)cc(C(F)(F)F)c3)NS(=O)(=O)N12. The van der Waals surface area contributed by atoms with Gasteiger partial charge in [-0.3, -0.25) is 0 Å². The van der Waals surface area contributed by atoms with Crippen molar-refractivity contribution in [1.82, 2.24) is 9.03 Å². The zero-order chi connectivity index (χ0) is 34.1. The van der Waals surface area contributed by atoms with Crippen LogP contribution < -0.4 is 9.46 Å². The van der Waals surface area contributed by atoms with Crippen LogP contribution in [0.3, 0.4) is 0 Å². The maximum atomic E-state index is 14.8. The first-order valence-corrected chi connectivity index (χ1v) is 15.3. The van der Waals surface area contributed by atoms with Gasteiger partial charge in [0.05, 0.1) is 35.9 Å². The predicted molar refractivity (Wildman–Crippen MR) is 146 cm³/mol. The van der Waals surface area contributed by atoms with Gasteiger partial charge in [0.2, 0.25) is 0 Å². The smallest absolute Gasteiger partial charge is 0.416 e. The summed E-state index contributed by atoms with van der Waals surface area (Å²) in [6.07, 6.45) is -15.5. The largest absolute Gasteiger partial charge is 0.496 e. The molecule has 5 rings (SSSR count). The number of benzene rings is 3. The fourth-order valence-corrected chi connectivity index (χ4v) is 8.04. The fourth-order valence-electron chi connectivity index (χ4n) is 6.17. The van der Waals surface area contributed by atoms with Crippen molar-refractivity contribution in [3.05, 3.63) is 87.7 Å². The van der Waals surface area contributed by atoms with Crippen LogP contribution in [0.4, 0.5) is 43.9 Å². The van der Waals surface area contributed by atoms with E-state index in [1.54, 1.807) is 13.8 Å². The lowest BCUT2D eigenvalue weighted by Crippen LogP contribution is -2.33. The summed E-state index contributed by atoms with van der Waals surface area (Å²) in [5.41, 5.74) is -4.74. The van der Waals surface area contributed by atoms with Crippen LogP contribution in [-0.2, 0) is 28.7 Å². The van der Waals surface area contributed by atoms with E-state index in [1.807, 2.05) is 0 Å². The average Bonchev–Trinajstić information content (AvgIpc) is 3.50. The van der Waals surface area contributed by atoms with Crippen LogP contribution in [0.25, 0.3) is 11.1 Å². The zero-order valence-corrected chi connectivity index (χ0v) is 25.0. The van der Waals surface area contributed by atoms with Crippen LogP contribution in [0.5, 0.6) is 5.75 Å². The molecule has 3 aromatic rings. The second kappa shape index (κ2) is 11.4. The number of hydrogen-bond donors (Lipinski definition) is 1. The van der Waals surface area contributed by atoms with Gasteiger partial charge in [-0.05, 0) is 77.4 Å². The third kappa shape index (κ3) is 6.18. The normalized spacial score (nSPS) is 22.0. The van der Waals surface area contributed by atoms with Gasteiger partial charge in [0.25, 0.3) is 10.2 Å². The van der Waals surface area contributed by atoms with E-state index in [2.05, 4.69) is 4.72 Å². The summed E-state index contributed by atoms with van der Waals surface area (Å²) in [4.78, 5) is 0. The highest BCUT2D eigenvalue weighted by Crippen LogP contribution is 2.51. The van der Waals surface area contributed by atoms with Gasteiger partial charge in [0.1, 0.15) is 11.6 Å². The molecule has 0 spiro atoms. The van der Waals surface area contributed by atoms with Crippen LogP contribution in [0.2, 0.25) is 0 Å². The van der Waals surface area contributed by atoms with Crippen molar-refractivity contribution < 1.29 is 57.1 Å². The Labute approximate surface area is 257 Å². The molecule has 2 aliphatic heterocycles. The molecule has 0 radical (unpaired) electrons. The molecule has 3 atom stereocenters. The minimum absolute atomic E-state index is 0.0543. The summed E-state index contributed by atoms with van der Waals surface area (Å²) >= 11 is 0. The predicted octanol–water partition coefficient (Wildman–Crippen LogP) is 8.78. The first-order valence-electron chi connectivity index (χ1n) is 13.8. The number of rotatable bonds is 5. The minimum atomic E-state index is -5.19. The molecule has 0 amide bonds. The Morgan fingerprint density at radius 2 is 1.39 bits per heavy atom. The van der Waals surface area contributed by atoms with E-state index < -0.39 is 74.9 Å². The molecular formula is C30H26F10N2O3S. The standard InChI is InChI=1S/C30H26F10N2O3S/c1-14(2)20-12-22(26(45-3)13-23(20)31)19-5-4-16(28(32,33)34)11-21(19)24-6-7-25-27(41-46(43,44)42(24)25)15-8-17(29(35,36)37)10-18(9-15)30(38,39)40/h4-5,8-14,24-25,27,41H,6-7H2,1-3H3. The first-order chi connectivity index (χ1) is 21.1. The van der Waals surface area contributed by atoms with Crippen LogP contribution in [0, 0.1) is 5.82 Å². The summed E-state index contributed by atoms with van der Waals surface area (Å²) in [5.74, 6) is -1.06. The monoisotopic (exact) mass is 684 g/mol. The van der Waals surface area contributed by atoms with Crippen molar-refractivity contribution in [3.8, 4) is 16.9 Å². The van der Waals surface area contributed by atoms with Crippen molar-refractivity contribution in [3.63, 3.8) is 0 Å². The number of methoxy groups -OCH3 is 1. The van der Waals surface area contributed by atoms with E-state index in [4.69, 9.17) is 4.74 Å². The molecule has 3 aromatic carbocycles. The summed E-state index contributed by atoms with van der Waals surface area (Å²) in [7, 11) is -3.44. The lowest BCUT2D eigenvalue weighted by Gasteiger charge is -2.26. The number of nitrogens with one attached hydrogen (secondary N) is 1. The van der Waals surface area contributed by atoms with Gasteiger partial charge < -0.3 is 4.74 Å². The van der Waals surface area contributed by atoms with Gasteiger partial charge in [0, 0.05) is 17.7 Å². The van der Waals surface area contributed by atoms with Crippen molar-refractivity contribution in [1.29, 1.82) is 0 Å². The zero-order valence-electron chi connectivity index (χ0n) is 24.2. The van der Waals surface area contributed by atoms with Crippen molar-refractivity contribution in [2.75, 3.05) is 7.11 Å². The molecule has 2 saturated heterocycles. The molecule has 5 nitrogen and oxygen atoms in total. The van der Waals surface area contributed by atoms with Gasteiger partial charge >= 0.3 is 18.5 Å². The number of alkyl halides is 9. The molecule has 0 saturated carbocycles. The van der Waals surface area contributed by atoms with Crippen LogP contribution in [0.1, 0.15) is 78.1 Å². The quantitative estimate of drug-likeness (QED) is 0.274. The summed E-state index contributed by atoms with van der Waals surface area (Å²) < 4.78 is 173. The number of ether oxygens (including phenoxy) is 1. The third-order valence-corrected chi connectivity index (χ3v) is 9.88. The third-order valence-electron chi connectivity index (χ3n) is 8.25. The van der Waals surface area contributed by atoms with E-state index in [1.165, 1.54) is 13.2 Å². The molecule has 250 valence electrons. The second-order valence-corrected chi connectivity index (χ2v) is 13.1. The van der Waals surface area contributed by atoms with Crippen LogP contribution in [0.15, 0.2) is 48.5 Å². The van der Waals surface area contributed by atoms with E-state index >= 15 is 0 Å². The molecule has 0 aliphatic carbocycles. The highest BCUT2D eigenvalue weighted by atomic mass is 32.2. The molecule has 1 N–H and O–H groups in total. The van der Waals surface area contributed by atoms with Crippen molar-refractivity contribution >= 4 is 10.2 Å². The highest BCUT2D eigenvalue weighted by Gasteiger charge is 2.54. The fraction of sp³-hybridized carbons (Fsp3) is 0.400. The number of halogens is 10. The highest BCUT2D eigenvalue weighted by molar-refractivity contribution is 7.87. The Morgan fingerprint density at radius 1 is 0.804 bits per heavy atom. The second-order valence-electron chi connectivity index (χ2n) is 11.5. The van der Waals surface area contributed by atoms with Crippen molar-refractivity contribution in [2.24, 2.45) is 0 Å². The lowest BCUT2D eigenvalue weighted by molar-refractivity contribution is -0.143. The lowest BCUT2D eigenvalue weighted by atomic mass is 9.89. The Balaban J connectivity index is 1.68. The van der Waals surface area contributed by atoms with Gasteiger partial charge in [0.15, 0.2) is 0 Å². The van der Waals surface area contributed by atoms with Gasteiger partial charge in [-0.1, -0.05) is 19.9 Å². The van der Waals surface area contributed by atoms with E-state index in [0.29, 0.717) is 12.1 Å². The molecule has 0 bridgehead atoms. The Kier molecular flexibility index (Phi) is 8.42. The molecule has 3 unspecified atom stereocenters. The summed E-state index contributed by atoms with van der Waals surface area (Å²) in [6.45, 7) is 3.37. The topological polar surface area (TPSA) is 58.6 Å². The Bertz CT molecular complexity index is 1740. The molecule has 0 aromatic heterocycles. The van der Waals surface area contributed by atoms with Gasteiger partial charge in [-0.15, -0.1) is 0 Å². The average molecular weight is 685 g/mol. The number of hydrogen-bond acceptors (Lipinski definition) is 3. The molecular weight excluding hydrogens is 658 g/mol. The van der Waals surface area contributed by atoms with E-state index in [0.717, 1.165) is 28.6 Å². The number of fused-ring (bicyclic) bond motifs is 1. The van der Waals surface area contributed by atoms with Crippen LogP contribution in [-0.4, -0.2) is 25.9 Å². The van der Waals surface area contributed by atoms with Gasteiger partial charge in [-0.2, -0.15) is 57.0 Å². The molecule has 2 aliphatic rings. The minimum Gasteiger partial charge on any atom is -0.496 e.